The minimum atomic E-state index is -0.207. The summed E-state index contributed by atoms with van der Waals surface area (Å²) in [6.45, 7) is 13.0. The van der Waals surface area contributed by atoms with Gasteiger partial charge >= 0.3 is 5.97 Å². The van der Waals surface area contributed by atoms with Gasteiger partial charge < -0.3 is 14.8 Å². The van der Waals surface area contributed by atoms with Gasteiger partial charge in [-0.1, -0.05) is 13.8 Å². The summed E-state index contributed by atoms with van der Waals surface area (Å²) in [6, 6.07) is 0.240. The largest absolute Gasteiger partial charge is 0.463 e. The second-order valence-electron chi connectivity index (χ2n) is 7.06. The molecule has 0 aliphatic heterocycles. The standard InChI is InChI=1S/C18H33NO3/c1-7-15(8-2)22-16-11-13(17(20)21-9-3)10-14(12-16)19-18(4,5)6/h11,14-16,19H,7-10,12H2,1-6H3/t14-,16-/m1/s1. The fourth-order valence-electron chi connectivity index (χ4n) is 2.91. The van der Waals surface area contributed by atoms with Crippen molar-refractivity contribution in [2.75, 3.05) is 6.61 Å². The van der Waals surface area contributed by atoms with Crippen molar-refractivity contribution in [3.8, 4) is 0 Å². The molecular weight excluding hydrogens is 278 g/mol. The summed E-state index contributed by atoms with van der Waals surface area (Å²) in [6.07, 6.45) is 5.79. The summed E-state index contributed by atoms with van der Waals surface area (Å²) in [5.74, 6) is -0.207. The fourth-order valence-corrected chi connectivity index (χ4v) is 2.91. The minimum Gasteiger partial charge on any atom is -0.463 e. The number of ether oxygens (including phenoxy) is 2. The van der Waals surface area contributed by atoms with Crippen LogP contribution in [0.5, 0.6) is 0 Å². The van der Waals surface area contributed by atoms with Gasteiger partial charge in [-0.2, -0.15) is 0 Å². The Kier molecular flexibility index (Phi) is 7.57. The molecule has 0 unspecified atom stereocenters. The van der Waals surface area contributed by atoms with Crippen LogP contribution in [0.15, 0.2) is 11.6 Å². The third-order valence-corrected chi connectivity index (χ3v) is 3.82. The predicted molar refractivity (Wildman–Crippen MR) is 89.9 cm³/mol. The van der Waals surface area contributed by atoms with Crippen molar-refractivity contribution in [3.63, 3.8) is 0 Å². The Balaban J connectivity index is 2.84. The first-order valence-corrected chi connectivity index (χ1v) is 8.60. The normalized spacial score (nSPS) is 22.6. The van der Waals surface area contributed by atoms with Gasteiger partial charge in [0.1, 0.15) is 0 Å². The van der Waals surface area contributed by atoms with E-state index in [4.69, 9.17) is 9.47 Å². The van der Waals surface area contributed by atoms with E-state index in [2.05, 4.69) is 39.9 Å². The maximum Gasteiger partial charge on any atom is 0.333 e. The fraction of sp³-hybridized carbons (Fsp3) is 0.833. The minimum absolute atomic E-state index is 0.0151. The Labute approximate surface area is 135 Å². The number of esters is 1. The van der Waals surface area contributed by atoms with Crippen LogP contribution in [-0.4, -0.2) is 36.4 Å². The Morgan fingerprint density at radius 1 is 1.32 bits per heavy atom. The van der Waals surface area contributed by atoms with Gasteiger partial charge in [-0.25, -0.2) is 4.79 Å². The second-order valence-corrected chi connectivity index (χ2v) is 7.06. The van der Waals surface area contributed by atoms with Gasteiger partial charge in [0, 0.05) is 17.2 Å². The van der Waals surface area contributed by atoms with Crippen molar-refractivity contribution in [1.82, 2.24) is 5.32 Å². The average molecular weight is 311 g/mol. The molecule has 0 aromatic heterocycles. The molecule has 4 heteroatoms. The highest BCUT2D eigenvalue weighted by molar-refractivity contribution is 5.88. The molecule has 0 spiro atoms. The van der Waals surface area contributed by atoms with E-state index in [1.54, 1.807) is 0 Å². The van der Waals surface area contributed by atoms with Gasteiger partial charge in [-0.05, 0) is 59.5 Å². The lowest BCUT2D eigenvalue weighted by molar-refractivity contribution is -0.139. The van der Waals surface area contributed by atoms with E-state index in [1.165, 1.54) is 0 Å². The summed E-state index contributed by atoms with van der Waals surface area (Å²) in [5.41, 5.74) is 0.757. The number of hydrogen-bond acceptors (Lipinski definition) is 4. The molecule has 1 N–H and O–H groups in total. The molecule has 0 heterocycles. The summed E-state index contributed by atoms with van der Waals surface area (Å²) in [4.78, 5) is 12.1. The first kappa shape index (κ1) is 19.2. The number of hydrogen-bond donors (Lipinski definition) is 1. The molecule has 128 valence electrons. The smallest absolute Gasteiger partial charge is 0.333 e. The number of carbonyl (C=O) groups is 1. The van der Waals surface area contributed by atoms with Crippen LogP contribution in [0.4, 0.5) is 0 Å². The summed E-state index contributed by atoms with van der Waals surface area (Å²) >= 11 is 0. The number of rotatable bonds is 7. The van der Waals surface area contributed by atoms with Crippen molar-refractivity contribution in [3.05, 3.63) is 11.6 Å². The Morgan fingerprint density at radius 3 is 2.45 bits per heavy atom. The second kappa shape index (κ2) is 8.68. The van der Waals surface area contributed by atoms with Crippen LogP contribution in [0, 0.1) is 0 Å². The molecule has 22 heavy (non-hydrogen) atoms. The van der Waals surface area contributed by atoms with Crippen molar-refractivity contribution in [2.45, 2.75) is 91.0 Å². The SMILES string of the molecule is CCOC(=O)C1=C[C@@H](OC(CC)CC)C[C@H](NC(C)(C)C)C1. The van der Waals surface area contributed by atoms with E-state index in [1.807, 2.05) is 13.0 Å². The van der Waals surface area contributed by atoms with Crippen LogP contribution in [0.1, 0.15) is 67.2 Å². The third-order valence-electron chi connectivity index (χ3n) is 3.82. The quantitative estimate of drug-likeness (QED) is 0.730. The molecule has 0 fully saturated rings. The van der Waals surface area contributed by atoms with Crippen molar-refractivity contribution in [1.29, 1.82) is 0 Å². The number of carbonyl (C=O) groups excluding carboxylic acids is 1. The zero-order valence-corrected chi connectivity index (χ0v) is 15.1. The third kappa shape index (κ3) is 6.49. The van der Waals surface area contributed by atoms with Gasteiger partial charge in [0.15, 0.2) is 0 Å². The van der Waals surface area contributed by atoms with Crippen LogP contribution >= 0.6 is 0 Å². The van der Waals surface area contributed by atoms with E-state index in [-0.39, 0.29) is 29.8 Å². The lowest BCUT2D eigenvalue weighted by atomic mass is 9.90. The molecule has 0 amide bonds. The topological polar surface area (TPSA) is 47.6 Å². The lowest BCUT2D eigenvalue weighted by Gasteiger charge is -2.35. The summed E-state index contributed by atoms with van der Waals surface area (Å²) in [5, 5.41) is 3.60. The van der Waals surface area contributed by atoms with Gasteiger partial charge in [0.25, 0.3) is 0 Å². The molecule has 0 aromatic carbocycles. The maximum absolute atomic E-state index is 12.1. The van der Waals surface area contributed by atoms with E-state index in [0.29, 0.717) is 13.0 Å². The zero-order chi connectivity index (χ0) is 16.8. The van der Waals surface area contributed by atoms with E-state index >= 15 is 0 Å². The van der Waals surface area contributed by atoms with Crippen LogP contribution in [-0.2, 0) is 14.3 Å². The average Bonchev–Trinajstić information content (AvgIpc) is 2.43. The molecule has 0 aromatic rings. The van der Waals surface area contributed by atoms with Crippen molar-refractivity contribution < 1.29 is 14.3 Å². The summed E-state index contributed by atoms with van der Waals surface area (Å²) in [7, 11) is 0. The monoisotopic (exact) mass is 311 g/mol. The molecule has 1 rings (SSSR count). The highest BCUT2D eigenvalue weighted by Gasteiger charge is 2.30. The molecule has 1 aliphatic carbocycles. The molecule has 0 saturated heterocycles. The zero-order valence-electron chi connectivity index (χ0n) is 15.1. The highest BCUT2D eigenvalue weighted by Crippen LogP contribution is 2.25. The molecule has 0 bridgehead atoms. The molecule has 0 saturated carbocycles. The van der Waals surface area contributed by atoms with Crippen molar-refractivity contribution in [2.24, 2.45) is 0 Å². The lowest BCUT2D eigenvalue weighted by Crippen LogP contribution is -2.47. The Hall–Kier alpha value is -0.870. The van der Waals surface area contributed by atoms with E-state index in [9.17, 15) is 4.79 Å². The Bertz CT molecular complexity index is 380. The summed E-state index contributed by atoms with van der Waals surface area (Å²) < 4.78 is 11.3. The van der Waals surface area contributed by atoms with E-state index < -0.39 is 0 Å². The van der Waals surface area contributed by atoms with Crippen LogP contribution in [0.2, 0.25) is 0 Å². The van der Waals surface area contributed by atoms with Gasteiger partial charge in [0.05, 0.1) is 18.8 Å². The van der Waals surface area contributed by atoms with Crippen molar-refractivity contribution >= 4 is 5.97 Å². The maximum atomic E-state index is 12.1. The van der Waals surface area contributed by atoms with Gasteiger partial charge in [-0.3, -0.25) is 0 Å². The first-order valence-electron chi connectivity index (χ1n) is 8.60. The van der Waals surface area contributed by atoms with Crippen LogP contribution < -0.4 is 5.32 Å². The number of nitrogens with one attached hydrogen (secondary N) is 1. The van der Waals surface area contributed by atoms with Crippen LogP contribution in [0.25, 0.3) is 0 Å². The molecule has 0 radical (unpaired) electrons. The van der Waals surface area contributed by atoms with Crippen LogP contribution in [0.3, 0.4) is 0 Å². The molecule has 1 aliphatic rings. The molecule has 4 nitrogen and oxygen atoms in total. The first-order chi connectivity index (χ1) is 10.3. The van der Waals surface area contributed by atoms with E-state index in [0.717, 1.165) is 24.8 Å². The van der Waals surface area contributed by atoms with Gasteiger partial charge in [-0.15, -0.1) is 0 Å². The molecular formula is C18H33NO3. The van der Waals surface area contributed by atoms with Gasteiger partial charge in [0.2, 0.25) is 0 Å². The Morgan fingerprint density at radius 2 is 1.95 bits per heavy atom. The molecule has 2 atom stereocenters. The predicted octanol–water partition coefficient (Wildman–Crippen LogP) is 3.60. The highest BCUT2D eigenvalue weighted by atomic mass is 16.5.